The summed E-state index contributed by atoms with van der Waals surface area (Å²) in [5.74, 6) is 0.362. The number of hydrogen-bond acceptors (Lipinski definition) is 5. The predicted molar refractivity (Wildman–Crippen MR) is 112 cm³/mol. The lowest BCUT2D eigenvalue weighted by Crippen LogP contribution is -2.23. The molecular weight excluding hydrogens is 372 g/mol. The van der Waals surface area contributed by atoms with E-state index in [1.54, 1.807) is 31.2 Å². The van der Waals surface area contributed by atoms with Gasteiger partial charge in [-0.3, -0.25) is 14.7 Å². The molecule has 3 rings (SSSR count). The first-order valence-electron chi connectivity index (χ1n) is 9.07. The van der Waals surface area contributed by atoms with Crippen LogP contribution in [-0.2, 0) is 11.2 Å². The Balaban J connectivity index is 1.66. The number of Topliss-reactive ketones (excluding diaryl/α,β-unsaturated/α-hetero) is 1. The highest BCUT2D eigenvalue weighted by atomic mass is 32.2. The zero-order valence-electron chi connectivity index (χ0n) is 16.0. The third-order valence-electron chi connectivity index (χ3n) is 4.32. The number of aromatic amines is 1. The number of anilines is 1. The number of nitrogens with one attached hydrogen (secondary N) is 2. The number of amides is 1. The van der Waals surface area contributed by atoms with Gasteiger partial charge in [0.1, 0.15) is 0 Å². The Bertz CT molecular complexity index is 982. The summed E-state index contributed by atoms with van der Waals surface area (Å²) in [4.78, 5) is 28.7. The molecule has 28 heavy (non-hydrogen) atoms. The van der Waals surface area contributed by atoms with Crippen molar-refractivity contribution in [2.75, 3.05) is 5.32 Å². The molecule has 0 saturated carbocycles. The number of H-pyrrole nitrogens is 1. The maximum Gasteiger partial charge on any atom is 0.237 e. The van der Waals surface area contributed by atoms with Gasteiger partial charge < -0.3 is 5.32 Å². The molecule has 144 valence electrons. The lowest BCUT2D eigenvalue weighted by atomic mass is 10.1. The van der Waals surface area contributed by atoms with Crippen molar-refractivity contribution < 1.29 is 9.59 Å². The quantitative estimate of drug-likeness (QED) is 0.459. The number of thioether (sulfide) groups is 1. The molecule has 0 fully saturated rings. The van der Waals surface area contributed by atoms with Crippen LogP contribution in [0, 0.1) is 0 Å². The molecule has 0 unspecified atom stereocenters. The molecule has 0 spiro atoms. The van der Waals surface area contributed by atoms with E-state index in [1.165, 1.54) is 24.2 Å². The first kappa shape index (κ1) is 19.8. The average molecular weight is 395 g/mol. The summed E-state index contributed by atoms with van der Waals surface area (Å²) in [6, 6.07) is 15.1. The Morgan fingerprint density at radius 3 is 2.54 bits per heavy atom. The maximum absolute atomic E-state index is 12.5. The van der Waals surface area contributed by atoms with Gasteiger partial charge in [-0.2, -0.15) is 0 Å². The maximum atomic E-state index is 12.5. The van der Waals surface area contributed by atoms with Crippen molar-refractivity contribution >= 4 is 29.1 Å². The molecule has 2 aromatic carbocycles. The van der Waals surface area contributed by atoms with Crippen LogP contribution in [0.25, 0.3) is 11.4 Å². The first-order valence-corrected chi connectivity index (χ1v) is 9.95. The van der Waals surface area contributed by atoms with Crippen molar-refractivity contribution in [2.45, 2.75) is 37.6 Å². The van der Waals surface area contributed by atoms with Crippen LogP contribution in [0.5, 0.6) is 0 Å². The van der Waals surface area contributed by atoms with Gasteiger partial charge in [0, 0.05) is 11.1 Å². The summed E-state index contributed by atoms with van der Waals surface area (Å²) < 4.78 is 0. The number of nitrogens with zero attached hydrogens (tertiary/aromatic N) is 2. The molecule has 3 aromatic rings. The molecule has 1 atom stereocenters. The highest BCUT2D eigenvalue weighted by molar-refractivity contribution is 8.00. The Morgan fingerprint density at radius 2 is 1.86 bits per heavy atom. The largest absolute Gasteiger partial charge is 0.324 e. The van der Waals surface area contributed by atoms with E-state index >= 15 is 0 Å². The minimum absolute atomic E-state index is 0.0936. The fourth-order valence-electron chi connectivity index (χ4n) is 2.67. The van der Waals surface area contributed by atoms with E-state index in [4.69, 9.17) is 0 Å². The Kier molecular flexibility index (Phi) is 6.26. The number of benzene rings is 2. The molecule has 0 radical (unpaired) electrons. The fourth-order valence-corrected chi connectivity index (χ4v) is 3.40. The molecule has 2 N–H and O–H groups in total. The Labute approximate surface area is 168 Å². The average Bonchev–Trinajstić information content (AvgIpc) is 3.16. The number of carbonyl (C=O) groups excluding carboxylic acids is 2. The fraction of sp³-hybridized carbons (Fsp3) is 0.238. The second kappa shape index (κ2) is 8.84. The van der Waals surface area contributed by atoms with Crippen LogP contribution in [-0.4, -0.2) is 32.1 Å². The summed E-state index contributed by atoms with van der Waals surface area (Å²) in [6.07, 6.45) is 0.983. The van der Waals surface area contributed by atoms with Gasteiger partial charge in [0.15, 0.2) is 11.6 Å². The number of hydrogen-bond donors (Lipinski definition) is 2. The summed E-state index contributed by atoms with van der Waals surface area (Å²) in [6.45, 7) is 5.37. The van der Waals surface area contributed by atoms with E-state index in [0.29, 0.717) is 22.2 Å². The second-order valence-corrected chi connectivity index (χ2v) is 7.68. The first-order chi connectivity index (χ1) is 13.5. The van der Waals surface area contributed by atoms with Gasteiger partial charge in [0.25, 0.3) is 0 Å². The molecule has 0 aliphatic heterocycles. The van der Waals surface area contributed by atoms with Gasteiger partial charge in [-0.05, 0) is 38.0 Å². The van der Waals surface area contributed by atoms with E-state index in [0.717, 1.165) is 12.0 Å². The molecule has 1 heterocycles. The molecule has 7 heteroatoms. The van der Waals surface area contributed by atoms with E-state index in [2.05, 4.69) is 39.6 Å². The zero-order chi connectivity index (χ0) is 20.1. The van der Waals surface area contributed by atoms with Crippen LogP contribution in [0.1, 0.15) is 36.7 Å². The Morgan fingerprint density at radius 1 is 1.14 bits per heavy atom. The topological polar surface area (TPSA) is 87.7 Å². The molecule has 6 nitrogen and oxygen atoms in total. The lowest BCUT2D eigenvalue weighted by molar-refractivity contribution is -0.115. The van der Waals surface area contributed by atoms with Crippen molar-refractivity contribution in [1.29, 1.82) is 0 Å². The van der Waals surface area contributed by atoms with Crippen molar-refractivity contribution in [3.05, 3.63) is 59.7 Å². The van der Waals surface area contributed by atoms with Gasteiger partial charge in [0.2, 0.25) is 11.1 Å². The van der Waals surface area contributed by atoms with Crippen LogP contribution in [0.2, 0.25) is 0 Å². The standard InChI is InChI=1S/C21H22N4O2S/c1-4-15-9-11-16(12-10-15)19-23-21(25-24-19)28-14(3)20(27)22-18-8-6-5-7-17(18)13(2)26/h5-12,14H,4H2,1-3H3,(H,22,27)(H,23,24,25)/t14-/m0/s1. The zero-order valence-corrected chi connectivity index (χ0v) is 16.8. The highest BCUT2D eigenvalue weighted by Gasteiger charge is 2.19. The van der Waals surface area contributed by atoms with Gasteiger partial charge >= 0.3 is 0 Å². The third kappa shape index (κ3) is 4.67. The summed E-state index contributed by atoms with van der Waals surface area (Å²) >= 11 is 1.26. The van der Waals surface area contributed by atoms with Crippen LogP contribution >= 0.6 is 11.8 Å². The summed E-state index contributed by atoms with van der Waals surface area (Å²) in [7, 11) is 0. The lowest BCUT2D eigenvalue weighted by Gasteiger charge is -2.12. The van der Waals surface area contributed by atoms with Crippen molar-refractivity contribution in [3.8, 4) is 11.4 Å². The van der Waals surface area contributed by atoms with E-state index in [-0.39, 0.29) is 11.7 Å². The summed E-state index contributed by atoms with van der Waals surface area (Å²) in [5, 5.41) is 10.0. The smallest absolute Gasteiger partial charge is 0.237 e. The second-order valence-electron chi connectivity index (χ2n) is 6.37. The number of para-hydroxylation sites is 1. The normalized spacial score (nSPS) is 11.8. The van der Waals surface area contributed by atoms with E-state index in [9.17, 15) is 9.59 Å². The minimum Gasteiger partial charge on any atom is -0.324 e. The number of aryl methyl sites for hydroxylation is 1. The van der Waals surface area contributed by atoms with Gasteiger partial charge in [-0.25, -0.2) is 4.98 Å². The Hall–Kier alpha value is -2.93. The molecule has 0 aliphatic rings. The molecule has 1 aromatic heterocycles. The summed E-state index contributed by atoms with van der Waals surface area (Å²) in [5.41, 5.74) is 3.21. The minimum atomic E-state index is -0.425. The van der Waals surface area contributed by atoms with Gasteiger partial charge in [-0.15, -0.1) is 5.10 Å². The predicted octanol–water partition coefficient (Wildman–Crippen LogP) is 4.36. The van der Waals surface area contributed by atoms with Crippen LogP contribution in [0.15, 0.2) is 53.7 Å². The van der Waals surface area contributed by atoms with Crippen molar-refractivity contribution in [2.24, 2.45) is 0 Å². The number of rotatable bonds is 7. The molecule has 0 bridgehead atoms. The van der Waals surface area contributed by atoms with Crippen molar-refractivity contribution in [1.82, 2.24) is 15.2 Å². The molecule has 1 amide bonds. The molecule has 0 saturated heterocycles. The number of aromatic nitrogens is 3. The third-order valence-corrected chi connectivity index (χ3v) is 5.28. The molecule has 0 aliphatic carbocycles. The van der Waals surface area contributed by atoms with Crippen LogP contribution in [0.4, 0.5) is 5.69 Å². The number of ketones is 1. The van der Waals surface area contributed by atoms with Crippen LogP contribution < -0.4 is 5.32 Å². The molecular formula is C21H22N4O2S. The van der Waals surface area contributed by atoms with E-state index < -0.39 is 5.25 Å². The van der Waals surface area contributed by atoms with E-state index in [1.807, 2.05) is 12.1 Å². The van der Waals surface area contributed by atoms with Crippen LogP contribution in [0.3, 0.4) is 0 Å². The highest BCUT2D eigenvalue weighted by Crippen LogP contribution is 2.24. The number of carbonyl (C=O) groups is 2. The van der Waals surface area contributed by atoms with Gasteiger partial charge in [0.05, 0.1) is 10.9 Å². The van der Waals surface area contributed by atoms with Crippen molar-refractivity contribution in [3.63, 3.8) is 0 Å². The SMILES string of the molecule is CCc1ccc(-c2nc(S[C@@H](C)C(=O)Nc3ccccc3C(C)=O)n[nH]2)cc1. The monoisotopic (exact) mass is 394 g/mol. The van der Waals surface area contributed by atoms with Gasteiger partial charge in [-0.1, -0.05) is 55.1 Å².